The monoisotopic (exact) mass is 573 g/mol. The average Bonchev–Trinajstić information content (AvgIpc) is 2.86. The lowest BCUT2D eigenvalue weighted by Crippen LogP contribution is -2.51. The van der Waals surface area contributed by atoms with Crippen LogP contribution in [0.3, 0.4) is 0 Å². The number of benzene rings is 2. The van der Waals surface area contributed by atoms with Crippen LogP contribution < -0.4 is 10.6 Å². The number of hydrogen-bond acceptors (Lipinski definition) is 5. The fraction of sp³-hybridized carbons (Fsp3) is 0.516. The molecule has 0 aliphatic carbocycles. The van der Waals surface area contributed by atoms with Gasteiger partial charge in [-0.25, -0.2) is 4.79 Å². The van der Waals surface area contributed by atoms with Gasteiger partial charge >= 0.3 is 6.09 Å². The Morgan fingerprint density at radius 3 is 2.25 bits per heavy atom. The summed E-state index contributed by atoms with van der Waals surface area (Å²) in [5, 5.41) is 16.9. The molecule has 0 aliphatic heterocycles. The van der Waals surface area contributed by atoms with Crippen LogP contribution in [0.15, 0.2) is 36.4 Å². The van der Waals surface area contributed by atoms with Crippen molar-refractivity contribution < 1.29 is 24.2 Å². The summed E-state index contributed by atoms with van der Waals surface area (Å²) in [5.41, 5.74) is 1.30. The third kappa shape index (κ3) is 9.44. The number of carbonyl (C=O) groups excluding carboxylic acids is 3. The number of halogens is 1. The number of nitrogens with zero attached hydrogens (tertiary/aromatic N) is 1. The number of rotatable bonds is 12. The molecule has 2 aromatic rings. The van der Waals surface area contributed by atoms with E-state index in [4.69, 9.17) is 16.3 Å². The molecule has 9 heteroatoms. The van der Waals surface area contributed by atoms with Crippen LogP contribution in [0.2, 0.25) is 5.02 Å². The molecule has 0 saturated heterocycles. The molecule has 0 saturated carbocycles. The van der Waals surface area contributed by atoms with Gasteiger partial charge in [0.05, 0.1) is 10.7 Å². The SMILES string of the molecule is CCCCCCCN(C(=O)C(C)NC(=O)OC(C)(C)C)C(C(=O)Nc1c(C)cccc1Cl)c1cccc(C)c1O. The predicted octanol–water partition coefficient (Wildman–Crippen LogP) is 7.05. The highest BCUT2D eigenvalue weighted by molar-refractivity contribution is 6.34. The van der Waals surface area contributed by atoms with Crippen molar-refractivity contribution in [1.29, 1.82) is 0 Å². The number of aryl methyl sites for hydroxylation is 2. The summed E-state index contributed by atoms with van der Waals surface area (Å²) in [5.74, 6) is -1.07. The van der Waals surface area contributed by atoms with Crippen LogP contribution in [-0.4, -0.2) is 46.1 Å². The van der Waals surface area contributed by atoms with Crippen molar-refractivity contribution in [1.82, 2.24) is 10.2 Å². The van der Waals surface area contributed by atoms with Gasteiger partial charge in [-0.05, 0) is 65.2 Å². The van der Waals surface area contributed by atoms with Gasteiger partial charge in [0.25, 0.3) is 5.91 Å². The maximum atomic E-state index is 14.0. The lowest BCUT2D eigenvalue weighted by molar-refractivity contribution is -0.140. The van der Waals surface area contributed by atoms with Gasteiger partial charge in [0, 0.05) is 12.1 Å². The molecule has 40 heavy (non-hydrogen) atoms. The summed E-state index contributed by atoms with van der Waals surface area (Å²) in [6.45, 7) is 12.7. The van der Waals surface area contributed by atoms with Crippen molar-refractivity contribution in [3.05, 3.63) is 58.1 Å². The average molecular weight is 574 g/mol. The summed E-state index contributed by atoms with van der Waals surface area (Å²) in [4.78, 5) is 41.9. The molecule has 0 aromatic heterocycles. The molecule has 0 radical (unpaired) electrons. The van der Waals surface area contributed by atoms with E-state index >= 15 is 0 Å². The number of carbonyl (C=O) groups is 3. The van der Waals surface area contributed by atoms with E-state index in [1.165, 1.54) is 4.90 Å². The summed E-state index contributed by atoms with van der Waals surface area (Å²) < 4.78 is 5.34. The molecule has 3 amide bonds. The van der Waals surface area contributed by atoms with Crippen LogP contribution >= 0.6 is 11.6 Å². The number of alkyl carbamates (subject to hydrolysis) is 1. The molecule has 0 spiro atoms. The maximum Gasteiger partial charge on any atom is 0.408 e. The van der Waals surface area contributed by atoms with Crippen LogP contribution in [0, 0.1) is 13.8 Å². The Kier molecular flexibility index (Phi) is 12.3. The lowest BCUT2D eigenvalue weighted by Gasteiger charge is -2.34. The van der Waals surface area contributed by atoms with E-state index in [1.54, 1.807) is 65.0 Å². The van der Waals surface area contributed by atoms with Crippen molar-refractivity contribution >= 4 is 35.2 Å². The van der Waals surface area contributed by atoms with Crippen LogP contribution in [-0.2, 0) is 14.3 Å². The van der Waals surface area contributed by atoms with E-state index in [9.17, 15) is 19.5 Å². The molecule has 3 N–H and O–H groups in total. The Balaban J connectivity index is 2.52. The summed E-state index contributed by atoms with van der Waals surface area (Å²) in [6.07, 6.45) is 3.91. The Hall–Kier alpha value is -3.26. The molecule has 0 fully saturated rings. The topological polar surface area (TPSA) is 108 Å². The minimum atomic E-state index is -1.18. The second kappa shape index (κ2) is 14.9. The van der Waals surface area contributed by atoms with E-state index in [-0.39, 0.29) is 17.9 Å². The first kappa shape index (κ1) is 32.9. The van der Waals surface area contributed by atoms with E-state index < -0.39 is 35.6 Å². The van der Waals surface area contributed by atoms with Crippen molar-refractivity contribution in [2.45, 2.75) is 98.3 Å². The minimum Gasteiger partial charge on any atom is -0.507 e. The van der Waals surface area contributed by atoms with Gasteiger partial charge in [0.1, 0.15) is 23.4 Å². The summed E-state index contributed by atoms with van der Waals surface area (Å²) >= 11 is 6.41. The van der Waals surface area contributed by atoms with Crippen molar-refractivity contribution in [3.63, 3.8) is 0 Å². The molecule has 2 rings (SSSR count). The first-order chi connectivity index (χ1) is 18.8. The molecule has 0 bridgehead atoms. The number of amides is 3. The van der Waals surface area contributed by atoms with Gasteiger partial charge in [0.15, 0.2) is 0 Å². The van der Waals surface area contributed by atoms with Crippen molar-refractivity contribution in [3.8, 4) is 5.75 Å². The highest BCUT2D eigenvalue weighted by Gasteiger charge is 2.36. The third-order valence-corrected chi connectivity index (χ3v) is 6.80. The minimum absolute atomic E-state index is 0.0740. The molecule has 2 unspecified atom stereocenters. The van der Waals surface area contributed by atoms with Crippen LogP contribution in [0.1, 0.15) is 89.5 Å². The molecule has 220 valence electrons. The fourth-order valence-corrected chi connectivity index (χ4v) is 4.65. The summed E-state index contributed by atoms with van der Waals surface area (Å²) in [6, 6.07) is 8.21. The van der Waals surface area contributed by atoms with Gasteiger partial charge in [-0.3, -0.25) is 9.59 Å². The van der Waals surface area contributed by atoms with Crippen molar-refractivity contribution in [2.75, 3.05) is 11.9 Å². The Labute approximate surface area is 243 Å². The zero-order valence-corrected chi connectivity index (χ0v) is 25.5. The van der Waals surface area contributed by atoms with Gasteiger partial charge in [0.2, 0.25) is 5.91 Å². The lowest BCUT2D eigenvalue weighted by atomic mass is 9.98. The maximum absolute atomic E-state index is 14.0. The number of anilines is 1. The van der Waals surface area contributed by atoms with E-state index in [0.29, 0.717) is 22.7 Å². The zero-order valence-electron chi connectivity index (χ0n) is 24.8. The number of para-hydroxylation sites is 2. The number of nitrogens with one attached hydrogen (secondary N) is 2. The quantitative estimate of drug-likeness (QED) is 0.236. The number of hydrogen-bond donors (Lipinski definition) is 3. The largest absolute Gasteiger partial charge is 0.507 e. The standard InChI is InChI=1S/C31H44ClN3O5/c1-8-9-10-11-12-19-35(29(38)22(4)33-30(39)40-31(5,6)7)26(23-17-13-16-21(3)27(23)36)28(37)34-25-20(2)15-14-18-24(25)32/h13-18,22,26,36H,8-12,19H2,1-7H3,(H,33,39)(H,34,37). The van der Waals surface area contributed by atoms with Gasteiger partial charge in [-0.1, -0.05) is 74.5 Å². The number of aromatic hydroxyl groups is 1. The first-order valence-electron chi connectivity index (χ1n) is 13.9. The second-order valence-corrected chi connectivity index (χ2v) is 11.6. The first-order valence-corrected chi connectivity index (χ1v) is 14.3. The highest BCUT2D eigenvalue weighted by atomic mass is 35.5. The smallest absolute Gasteiger partial charge is 0.408 e. The van der Waals surface area contributed by atoms with Crippen molar-refractivity contribution in [2.24, 2.45) is 0 Å². The number of phenols is 1. The summed E-state index contributed by atoms with van der Waals surface area (Å²) in [7, 11) is 0. The van der Waals surface area contributed by atoms with Gasteiger partial charge in [-0.2, -0.15) is 0 Å². The Bertz CT molecular complexity index is 1160. The number of phenolic OH excluding ortho intramolecular Hbond substituents is 1. The molecule has 0 aliphatic rings. The molecule has 2 aromatic carbocycles. The van der Waals surface area contributed by atoms with E-state index in [2.05, 4.69) is 17.6 Å². The Morgan fingerprint density at radius 1 is 1.00 bits per heavy atom. The predicted molar refractivity (Wildman–Crippen MR) is 160 cm³/mol. The highest BCUT2D eigenvalue weighted by Crippen LogP contribution is 2.34. The molecule has 8 nitrogen and oxygen atoms in total. The molecule has 0 heterocycles. The zero-order chi connectivity index (χ0) is 30.0. The van der Waals surface area contributed by atoms with Crippen LogP contribution in [0.25, 0.3) is 0 Å². The van der Waals surface area contributed by atoms with Crippen LogP contribution in [0.5, 0.6) is 5.75 Å². The van der Waals surface area contributed by atoms with Gasteiger partial charge in [-0.15, -0.1) is 0 Å². The molecular weight excluding hydrogens is 530 g/mol. The van der Waals surface area contributed by atoms with E-state index in [1.807, 2.05) is 13.0 Å². The van der Waals surface area contributed by atoms with Crippen LogP contribution in [0.4, 0.5) is 10.5 Å². The fourth-order valence-electron chi connectivity index (χ4n) is 4.38. The van der Waals surface area contributed by atoms with E-state index in [0.717, 1.165) is 31.2 Å². The number of unbranched alkanes of at least 4 members (excludes halogenated alkanes) is 4. The molecule has 2 atom stereocenters. The van der Waals surface area contributed by atoms with Gasteiger partial charge < -0.3 is 25.4 Å². The molecular formula is C31H44ClN3O5. The Morgan fingerprint density at radius 2 is 1.62 bits per heavy atom. The third-order valence-electron chi connectivity index (χ3n) is 6.48. The second-order valence-electron chi connectivity index (χ2n) is 11.2. The number of ether oxygens (including phenoxy) is 1. The normalized spacial score (nSPS) is 12.8.